The summed E-state index contributed by atoms with van der Waals surface area (Å²) in [5, 5.41) is 8.60. The maximum Gasteiger partial charge on any atom is 0.408 e. The van der Waals surface area contributed by atoms with Crippen LogP contribution in [0.5, 0.6) is 0 Å². The van der Waals surface area contributed by atoms with Crippen LogP contribution in [0, 0.1) is 5.92 Å². The number of alkyl carbamates (subject to hydrolysis) is 1. The van der Waals surface area contributed by atoms with E-state index >= 15 is 0 Å². The van der Waals surface area contributed by atoms with Crippen molar-refractivity contribution in [1.29, 1.82) is 0 Å². The Kier molecular flexibility index (Phi) is 9.05. The van der Waals surface area contributed by atoms with Crippen molar-refractivity contribution in [2.45, 2.75) is 58.7 Å². The topological polar surface area (TPSA) is 139 Å². The molecule has 2 atom stereocenters. The highest BCUT2D eigenvalue weighted by Gasteiger charge is 2.30. The summed E-state index contributed by atoms with van der Waals surface area (Å²) < 4.78 is 9.98. The Bertz CT molecular complexity index is 1020. The van der Waals surface area contributed by atoms with Gasteiger partial charge in [0.2, 0.25) is 11.8 Å². The molecule has 10 nitrogen and oxygen atoms in total. The summed E-state index contributed by atoms with van der Waals surface area (Å²) in [5.74, 6) is -1.97. The van der Waals surface area contributed by atoms with Gasteiger partial charge in [-0.2, -0.15) is 0 Å². The van der Waals surface area contributed by atoms with E-state index in [4.69, 9.17) is 9.47 Å². The molecule has 3 amide bonds. The molecule has 1 aromatic carbocycles. The van der Waals surface area contributed by atoms with Crippen LogP contribution in [0.3, 0.4) is 0 Å². The fourth-order valence-corrected chi connectivity index (χ4v) is 3.34. The van der Waals surface area contributed by atoms with Crippen molar-refractivity contribution >= 4 is 34.8 Å². The number of aromatic amines is 1. The van der Waals surface area contributed by atoms with Gasteiger partial charge in [0.1, 0.15) is 24.2 Å². The van der Waals surface area contributed by atoms with E-state index in [9.17, 15) is 19.2 Å². The van der Waals surface area contributed by atoms with Crippen molar-refractivity contribution in [1.82, 2.24) is 20.9 Å². The largest absolute Gasteiger partial charge is 0.467 e. The molecular formula is C24H34N4O6. The van der Waals surface area contributed by atoms with Gasteiger partial charge in [0.15, 0.2) is 0 Å². The van der Waals surface area contributed by atoms with Crippen molar-refractivity contribution in [2.75, 3.05) is 13.7 Å². The summed E-state index contributed by atoms with van der Waals surface area (Å²) in [6, 6.07) is 5.75. The van der Waals surface area contributed by atoms with Crippen molar-refractivity contribution in [2.24, 2.45) is 5.92 Å². The summed E-state index contributed by atoms with van der Waals surface area (Å²) >= 11 is 0. The molecule has 1 heterocycles. The molecule has 10 heteroatoms. The molecule has 1 aromatic heterocycles. The Morgan fingerprint density at radius 2 is 1.74 bits per heavy atom. The first kappa shape index (κ1) is 26.7. The standard InChI is InChI=1S/C24H34N4O6/c1-14(2)20(28-19(29)13-26-23(32)34-24(3,4)5)21(30)27-18(22(31)33-6)11-15-12-25-17-10-8-7-9-16(15)17/h7-10,12,14,18,20,25H,11,13H2,1-6H3,(H,26,32)(H,27,30)(H,28,29)/t18-,20-/m0/s1. The number of ether oxygens (including phenoxy) is 2. The number of aromatic nitrogens is 1. The van der Waals surface area contributed by atoms with Gasteiger partial charge in [0.25, 0.3) is 0 Å². The first-order chi connectivity index (χ1) is 15.9. The van der Waals surface area contributed by atoms with E-state index in [-0.39, 0.29) is 18.9 Å². The van der Waals surface area contributed by atoms with Crippen LogP contribution in [0.2, 0.25) is 0 Å². The number of carbonyl (C=O) groups is 4. The van der Waals surface area contributed by atoms with E-state index in [1.54, 1.807) is 40.8 Å². The summed E-state index contributed by atoms with van der Waals surface area (Å²) in [7, 11) is 1.25. The Labute approximate surface area is 199 Å². The zero-order chi connectivity index (χ0) is 25.5. The number of H-pyrrole nitrogens is 1. The number of nitrogens with one attached hydrogen (secondary N) is 4. The third-order valence-corrected chi connectivity index (χ3v) is 4.96. The second-order valence-electron chi connectivity index (χ2n) is 9.29. The molecule has 0 radical (unpaired) electrons. The SMILES string of the molecule is COC(=O)[C@H](Cc1c[nH]c2ccccc12)NC(=O)[C@@H](NC(=O)CNC(=O)OC(C)(C)C)C(C)C. The number of carbonyl (C=O) groups excluding carboxylic acids is 4. The second-order valence-corrected chi connectivity index (χ2v) is 9.29. The number of para-hydroxylation sites is 1. The van der Waals surface area contributed by atoms with Crippen LogP contribution in [0.4, 0.5) is 4.79 Å². The maximum atomic E-state index is 13.0. The number of rotatable bonds is 9. The van der Waals surface area contributed by atoms with Gasteiger partial charge >= 0.3 is 12.1 Å². The number of hydrogen-bond donors (Lipinski definition) is 4. The van der Waals surface area contributed by atoms with Gasteiger partial charge in [-0.05, 0) is 38.3 Å². The normalized spacial score (nSPS) is 13.1. The lowest BCUT2D eigenvalue weighted by Crippen LogP contribution is -2.55. The van der Waals surface area contributed by atoms with Crippen LogP contribution in [-0.2, 0) is 30.3 Å². The van der Waals surface area contributed by atoms with Gasteiger partial charge < -0.3 is 30.4 Å². The molecule has 0 unspecified atom stereocenters. The average Bonchev–Trinajstić information content (AvgIpc) is 3.16. The van der Waals surface area contributed by atoms with Crippen LogP contribution in [-0.4, -0.2) is 60.2 Å². The number of hydrogen-bond acceptors (Lipinski definition) is 6. The monoisotopic (exact) mass is 474 g/mol. The third kappa shape index (κ3) is 7.79. The molecule has 2 aromatic rings. The van der Waals surface area contributed by atoms with Gasteiger partial charge in [-0.15, -0.1) is 0 Å². The van der Waals surface area contributed by atoms with E-state index < -0.39 is 41.6 Å². The van der Waals surface area contributed by atoms with E-state index in [0.717, 1.165) is 16.5 Å². The van der Waals surface area contributed by atoms with Crippen molar-refractivity contribution in [3.8, 4) is 0 Å². The quantitative estimate of drug-likeness (QED) is 0.410. The van der Waals surface area contributed by atoms with Gasteiger partial charge in [-0.1, -0.05) is 32.0 Å². The molecule has 0 bridgehead atoms. The third-order valence-electron chi connectivity index (χ3n) is 4.96. The van der Waals surface area contributed by atoms with Gasteiger partial charge in [0, 0.05) is 23.5 Å². The number of methoxy groups -OCH3 is 1. The Morgan fingerprint density at radius 1 is 1.06 bits per heavy atom. The highest BCUT2D eigenvalue weighted by Crippen LogP contribution is 2.19. The van der Waals surface area contributed by atoms with Crippen LogP contribution in [0.1, 0.15) is 40.2 Å². The first-order valence-corrected chi connectivity index (χ1v) is 11.1. The molecule has 4 N–H and O–H groups in total. The minimum Gasteiger partial charge on any atom is -0.467 e. The first-order valence-electron chi connectivity index (χ1n) is 11.1. The number of benzene rings is 1. The zero-order valence-corrected chi connectivity index (χ0v) is 20.5. The fraction of sp³-hybridized carbons (Fsp3) is 0.500. The Morgan fingerprint density at radius 3 is 2.35 bits per heavy atom. The number of esters is 1. The highest BCUT2D eigenvalue weighted by molar-refractivity contribution is 5.92. The second kappa shape index (κ2) is 11.5. The van der Waals surface area contributed by atoms with E-state index in [1.807, 2.05) is 24.3 Å². The highest BCUT2D eigenvalue weighted by atomic mass is 16.6. The molecule has 0 aliphatic heterocycles. The summed E-state index contributed by atoms with van der Waals surface area (Å²) in [5.41, 5.74) is 1.06. The van der Waals surface area contributed by atoms with Crippen LogP contribution < -0.4 is 16.0 Å². The van der Waals surface area contributed by atoms with Crippen LogP contribution >= 0.6 is 0 Å². The van der Waals surface area contributed by atoms with Crippen molar-refractivity contribution < 1.29 is 28.7 Å². The van der Waals surface area contributed by atoms with E-state index in [0.29, 0.717) is 0 Å². The molecule has 2 rings (SSSR count). The van der Waals surface area contributed by atoms with Crippen molar-refractivity contribution in [3.63, 3.8) is 0 Å². The molecular weight excluding hydrogens is 440 g/mol. The van der Waals surface area contributed by atoms with E-state index in [1.165, 1.54) is 7.11 Å². The summed E-state index contributed by atoms with van der Waals surface area (Å²) in [4.78, 5) is 52.7. The lowest BCUT2D eigenvalue weighted by molar-refractivity contribution is -0.145. The van der Waals surface area contributed by atoms with E-state index in [2.05, 4.69) is 20.9 Å². The summed E-state index contributed by atoms with van der Waals surface area (Å²) in [6.45, 7) is 8.29. The molecule has 186 valence electrons. The van der Waals surface area contributed by atoms with Gasteiger partial charge in [-0.25, -0.2) is 9.59 Å². The average molecular weight is 475 g/mol. The van der Waals surface area contributed by atoms with Gasteiger partial charge in [0.05, 0.1) is 7.11 Å². The predicted molar refractivity (Wildman–Crippen MR) is 127 cm³/mol. The molecule has 34 heavy (non-hydrogen) atoms. The predicted octanol–water partition coefficient (Wildman–Crippen LogP) is 2.03. The molecule has 0 aliphatic carbocycles. The molecule has 0 aliphatic rings. The Balaban J connectivity index is 2.05. The molecule has 0 spiro atoms. The van der Waals surface area contributed by atoms with Crippen LogP contribution in [0.25, 0.3) is 10.9 Å². The minimum absolute atomic E-state index is 0.210. The van der Waals surface area contributed by atoms with Crippen LogP contribution in [0.15, 0.2) is 30.5 Å². The maximum absolute atomic E-state index is 13.0. The van der Waals surface area contributed by atoms with Gasteiger partial charge in [-0.3, -0.25) is 9.59 Å². The smallest absolute Gasteiger partial charge is 0.408 e. The zero-order valence-electron chi connectivity index (χ0n) is 20.5. The molecule has 0 saturated carbocycles. The number of fused-ring (bicyclic) bond motifs is 1. The fourth-order valence-electron chi connectivity index (χ4n) is 3.34. The molecule has 0 fully saturated rings. The lowest BCUT2D eigenvalue weighted by atomic mass is 10.0. The Hall–Kier alpha value is -3.56. The summed E-state index contributed by atoms with van der Waals surface area (Å²) in [6.07, 6.45) is 1.26. The minimum atomic E-state index is -0.949. The lowest BCUT2D eigenvalue weighted by Gasteiger charge is -2.25. The molecule has 0 saturated heterocycles. The van der Waals surface area contributed by atoms with Crippen molar-refractivity contribution in [3.05, 3.63) is 36.0 Å². The number of amides is 3.